The largest absolute Gasteiger partial charge is 0.412 e. The lowest BCUT2D eigenvalue weighted by Crippen LogP contribution is -2.62. The van der Waals surface area contributed by atoms with Gasteiger partial charge in [0, 0.05) is 12.5 Å². The highest BCUT2D eigenvalue weighted by molar-refractivity contribution is 5.17. The molecule has 16 atom stereocenters. The molecule has 0 aromatic rings. The third-order valence-corrected chi connectivity index (χ3v) is 8.65. The quantitative estimate of drug-likeness (QED) is 0.103. The standard InChI is InChI=1S/C26H45NO14.3H2O/c1-10-2-17(14(31)5-12(10)27-13-3-11(7-28)4-15(32)21(13)34)38-18-6-16(33)26(40-19(18)8-29)41-24-20(9-30)39-25(37)23(36)22(24)35;;;/h3,10,12-37H,2,4-9H2,1H3;3*1H2. The molecule has 4 aliphatic rings. The summed E-state index contributed by atoms with van der Waals surface area (Å²) in [5.74, 6) is -0.0382. The van der Waals surface area contributed by atoms with Gasteiger partial charge < -0.3 is 91.8 Å². The minimum absolute atomic E-state index is 0. The van der Waals surface area contributed by atoms with Crippen molar-refractivity contribution in [2.24, 2.45) is 5.92 Å². The van der Waals surface area contributed by atoms with E-state index in [0.717, 1.165) is 0 Å². The molecule has 18 heteroatoms. The zero-order valence-corrected chi connectivity index (χ0v) is 24.4. The van der Waals surface area contributed by atoms with Crippen molar-refractivity contribution in [1.29, 1.82) is 0 Å². The topological polar surface area (TPSA) is 346 Å². The van der Waals surface area contributed by atoms with E-state index >= 15 is 0 Å². The van der Waals surface area contributed by atoms with Crippen molar-refractivity contribution >= 4 is 0 Å². The average Bonchev–Trinajstić information content (AvgIpc) is 2.94. The van der Waals surface area contributed by atoms with Crippen molar-refractivity contribution in [2.75, 3.05) is 19.8 Å². The Morgan fingerprint density at radius 3 is 2.02 bits per heavy atom. The van der Waals surface area contributed by atoms with Crippen LogP contribution in [-0.2, 0) is 18.9 Å². The average molecular weight is 650 g/mol. The van der Waals surface area contributed by atoms with Crippen LogP contribution in [0.1, 0.15) is 32.6 Å². The fraction of sp³-hybridized carbons (Fsp3) is 0.923. The zero-order chi connectivity index (χ0) is 30.0. The van der Waals surface area contributed by atoms with E-state index in [4.69, 9.17) is 18.9 Å². The predicted molar refractivity (Wildman–Crippen MR) is 148 cm³/mol. The van der Waals surface area contributed by atoms with E-state index in [1.165, 1.54) is 0 Å². The minimum atomic E-state index is -1.74. The van der Waals surface area contributed by atoms with Crippen molar-refractivity contribution < 1.29 is 86.4 Å². The number of hydrogen-bond acceptors (Lipinski definition) is 15. The molecule has 0 bridgehead atoms. The molecular weight excluding hydrogens is 598 g/mol. The Labute approximate surface area is 254 Å². The van der Waals surface area contributed by atoms with Gasteiger partial charge in [0.15, 0.2) is 12.6 Å². The second-order valence-corrected chi connectivity index (χ2v) is 11.6. The summed E-state index contributed by atoms with van der Waals surface area (Å²) in [5, 5.41) is 105. The van der Waals surface area contributed by atoms with E-state index in [1.807, 2.05) is 6.92 Å². The van der Waals surface area contributed by atoms with Gasteiger partial charge in [0.25, 0.3) is 0 Å². The monoisotopic (exact) mass is 649 g/mol. The van der Waals surface area contributed by atoms with Crippen LogP contribution < -0.4 is 5.32 Å². The van der Waals surface area contributed by atoms with Crippen LogP contribution in [-0.4, -0.2) is 179 Å². The van der Waals surface area contributed by atoms with E-state index < -0.39 is 99.0 Å². The fourth-order valence-electron chi connectivity index (χ4n) is 6.16. The van der Waals surface area contributed by atoms with E-state index in [1.54, 1.807) is 6.08 Å². The van der Waals surface area contributed by atoms with Gasteiger partial charge in [-0.2, -0.15) is 0 Å². The lowest BCUT2D eigenvalue weighted by Gasteiger charge is -2.46. The van der Waals surface area contributed by atoms with Crippen molar-refractivity contribution in [3.8, 4) is 0 Å². The SMILES string of the molecule is CC1CC(OC2CC(O)C(OC3C(CO)OC(O)C(O)C3O)OC2CO)C(O)CC1NC1C=C(CO)CC(O)C1O.O.O.O. The van der Waals surface area contributed by atoms with E-state index in [2.05, 4.69) is 5.32 Å². The van der Waals surface area contributed by atoms with Crippen LogP contribution in [0.15, 0.2) is 11.6 Å². The molecule has 2 aliphatic carbocycles. The molecule has 0 aromatic heterocycles. The Morgan fingerprint density at radius 2 is 1.41 bits per heavy atom. The molecule has 16 unspecified atom stereocenters. The van der Waals surface area contributed by atoms with Crippen LogP contribution in [0.25, 0.3) is 0 Å². The first-order chi connectivity index (χ1) is 19.5. The summed E-state index contributed by atoms with van der Waals surface area (Å²) in [6.07, 6.45) is -13.4. The Balaban J connectivity index is 0.00000323. The van der Waals surface area contributed by atoms with Gasteiger partial charge in [0.05, 0.1) is 56.4 Å². The molecule has 0 radical (unpaired) electrons. The molecule has 0 aromatic carbocycles. The Hall–Kier alpha value is -0.980. The van der Waals surface area contributed by atoms with Crippen LogP contribution in [0.2, 0.25) is 0 Å². The summed E-state index contributed by atoms with van der Waals surface area (Å²) >= 11 is 0. The first kappa shape index (κ1) is 41.0. The van der Waals surface area contributed by atoms with Crippen LogP contribution in [0.4, 0.5) is 0 Å². The molecule has 2 saturated heterocycles. The number of rotatable bonds is 9. The summed E-state index contributed by atoms with van der Waals surface area (Å²) in [7, 11) is 0. The number of nitrogens with one attached hydrogen (secondary N) is 1. The maximum Gasteiger partial charge on any atom is 0.184 e. The second kappa shape index (κ2) is 17.8. The molecule has 262 valence electrons. The summed E-state index contributed by atoms with van der Waals surface area (Å²) in [5.41, 5.74) is 0.616. The molecule has 18 nitrogen and oxygen atoms in total. The second-order valence-electron chi connectivity index (χ2n) is 11.6. The van der Waals surface area contributed by atoms with Gasteiger partial charge in [-0.15, -0.1) is 0 Å². The zero-order valence-electron chi connectivity index (χ0n) is 24.4. The van der Waals surface area contributed by atoms with Crippen molar-refractivity contribution in [2.45, 2.75) is 124 Å². The van der Waals surface area contributed by atoms with Gasteiger partial charge in [0.1, 0.15) is 36.6 Å². The van der Waals surface area contributed by atoms with Gasteiger partial charge in [0.2, 0.25) is 0 Å². The molecule has 0 amide bonds. The van der Waals surface area contributed by atoms with Crippen molar-refractivity contribution in [3.63, 3.8) is 0 Å². The maximum atomic E-state index is 10.9. The van der Waals surface area contributed by atoms with Gasteiger partial charge in [-0.25, -0.2) is 0 Å². The van der Waals surface area contributed by atoms with Gasteiger partial charge in [-0.05, 0) is 30.8 Å². The molecular formula is C26H51NO17. The number of aliphatic hydroxyl groups is 10. The molecule has 2 aliphatic heterocycles. The molecule has 3 fully saturated rings. The van der Waals surface area contributed by atoms with Gasteiger partial charge in [-0.3, -0.25) is 0 Å². The summed E-state index contributed by atoms with van der Waals surface area (Å²) in [6.45, 7) is 0.546. The van der Waals surface area contributed by atoms with E-state index in [-0.39, 0.29) is 54.3 Å². The number of hydrogen-bond donors (Lipinski definition) is 11. The third kappa shape index (κ3) is 9.09. The molecule has 44 heavy (non-hydrogen) atoms. The highest BCUT2D eigenvalue weighted by atomic mass is 16.7. The molecule has 17 N–H and O–H groups in total. The highest BCUT2D eigenvalue weighted by Gasteiger charge is 2.49. The smallest absolute Gasteiger partial charge is 0.184 e. The first-order valence-electron chi connectivity index (χ1n) is 14.1. The number of ether oxygens (including phenoxy) is 4. The van der Waals surface area contributed by atoms with Gasteiger partial charge in [-0.1, -0.05) is 13.0 Å². The summed E-state index contributed by atoms with van der Waals surface area (Å²) in [4.78, 5) is 0. The van der Waals surface area contributed by atoms with Crippen molar-refractivity contribution in [1.82, 2.24) is 5.32 Å². The summed E-state index contributed by atoms with van der Waals surface area (Å²) in [6, 6.07) is -0.832. The van der Waals surface area contributed by atoms with Gasteiger partial charge >= 0.3 is 0 Å². The normalized spacial score (nSPS) is 46.1. The maximum absolute atomic E-state index is 10.9. The first-order valence-corrected chi connectivity index (χ1v) is 14.1. The molecule has 4 rings (SSSR count). The Bertz CT molecular complexity index is 868. The van der Waals surface area contributed by atoms with Crippen molar-refractivity contribution in [3.05, 3.63) is 11.6 Å². The van der Waals surface area contributed by atoms with Crippen LogP contribution in [0, 0.1) is 5.92 Å². The highest BCUT2D eigenvalue weighted by Crippen LogP contribution is 2.34. The lowest BCUT2D eigenvalue weighted by molar-refractivity contribution is -0.347. The van der Waals surface area contributed by atoms with Crippen LogP contribution in [0.3, 0.4) is 0 Å². The van der Waals surface area contributed by atoms with E-state index in [9.17, 15) is 51.1 Å². The van der Waals surface area contributed by atoms with Crippen LogP contribution >= 0.6 is 0 Å². The molecule has 1 saturated carbocycles. The molecule has 0 spiro atoms. The fourth-order valence-corrected chi connectivity index (χ4v) is 6.16. The van der Waals surface area contributed by atoms with E-state index in [0.29, 0.717) is 12.0 Å². The predicted octanol–water partition coefficient (Wildman–Crippen LogP) is -7.29. The Kier molecular flexibility index (Phi) is 16.6. The molecule has 2 heterocycles. The number of aliphatic hydroxyl groups excluding tert-OH is 10. The minimum Gasteiger partial charge on any atom is -0.412 e. The third-order valence-electron chi connectivity index (χ3n) is 8.65. The van der Waals surface area contributed by atoms with Crippen LogP contribution in [0.5, 0.6) is 0 Å². The Morgan fingerprint density at radius 1 is 0.750 bits per heavy atom. The lowest BCUT2D eigenvalue weighted by atomic mass is 9.80. The summed E-state index contributed by atoms with van der Waals surface area (Å²) < 4.78 is 22.6.